The van der Waals surface area contributed by atoms with Gasteiger partial charge >= 0.3 is 0 Å². The van der Waals surface area contributed by atoms with Gasteiger partial charge in [0.1, 0.15) is 0 Å². The summed E-state index contributed by atoms with van der Waals surface area (Å²) >= 11 is 0. The highest BCUT2D eigenvalue weighted by molar-refractivity contribution is 6.46. The number of benzene rings is 2. The Hall–Kier alpha value is -2.48. The second-order valence-corrected chi connectivity index (χ2v) is 11.7. The highest BCUT2D eigenvalue weighted by Crippen LogP contribution is 2.21. The van der Waals surface area contributed by atoms with Crippen LogP contribution in [0.5, 0.6) is 0 Å². The minimum Gasteiger partial charge on any atom is -0.251 e. The first-order valence-corrected chi connectivity index (χ1v) is 15.8. The van der Waals surface area contributed by atoms with Gasteiger partial charge in [0.15, 0.2) is 0 Å². The van der Waals surface area contributed by atoms with E-state index in [9.17, 15) is 0 Å². The maximum absolute atomic E-state index is 5.03. The molecule has 0 saturated carbocycles. The van der Waals surface area contributed by atoms with Crippen LogP contribution in [0.25, 0.3) is 0 Å². The van der Waals surface area contributed by atoms with Crippen molar-refractivity contribution >= 4 is 22.8 Å². The number of hydrogen-bond acceptors (Lipinski definition) is 2. The van der Waals surface area contributed by atoms with E-state index in [1.165, 1.54) is 112 Å². The molecule has 2 nitrogen and oxygen atoms in total. The highest BCUT2D eigenvalue weighted by Gasteiger charge is 2.04. The van der Waals surface area contributed by atoms with Crippen LogP contribution < -0.4 is 0 Å². The van der Waals surface area contributed by atoms with Crippen molar-refractivity contribution in [2.45, 2.75) is 138 Å². The summed E-state index contributed by atoms with van der Waals surface area (Å²) in [5.74, 6) is 0. The van der Waals surface area contributed by atoms with Crippen LogP contribution in [0, 0.1) is 27.7 Å². The molecule has 0 aliphatic heterocycles. The summed E-state index contributed by atoms with van der Waals surface area (Å²) < 4.78 is 0. The van der Waals surface area contributed by atoms with Crippen molar-refractivity contribution in [2.24, 2.45) is 9.98 Å². The van der Waals surface area contributed by atoms with E-state index in [0.29, 0.717) is 0 Å². The lowest BCUT2D eigenvalue weighted by atomic mass is 10.0. The Morgan fingerprint density at radius 2 is 0.923 bits per heavy atom. The number of aryl methyl sites for hydroxylation is 4. The molecule has 2 aromatic rings. The molecular formula is C37H56N2. The van der Waals surface area contributed by atoms with Gasteiger partial charge in [-0.25, -0.2) is 4.99 Å². The monoisotopic (exact) mass is 528 g/mol. The molecule has 0 atom stereocenters. The highest BCUT2D eigenvalue weighted by atomic mass is 14.8. The van der Waals surface area contributed by atoms with E-state index in [0.717, 1.165) is 29.2 Å². The number of allylic oxidation sites excluding steroid dienone is 2. The molecule has 0 spiro atoms. The predicted molar refractivity (Wildman–Crippen MR) is 176 cm³/mol. The third-order valence-corrected chi connectivity index (χ3v) is 7.33. The van der Waals surface area contributed by atoms with Crippen LogP contribution in [-0.4, -0.2) is 11.4 Å². The molecule has 2 heteroatoms. The molecule has 0 N–H and O–H groups in total. The Kier molecular flexibility index (Phi) is 16.4. The van der Waals surface area contributed by atoms with Gasteiger partial charge in [0.2, 0.25) is 0 Å². The molecule has 0 amide bonds. The molecule has 0 unspecified atom stereocenters. The van der Waals surface area contributed by atoms with Crippen LogP contribution in [0.2, 0.25) is 0 Å². The van der Waals surface area contributed by atoms with Crippen LogP contribution in [0.15, 0.2) is 58.5 Å². The van der Waals surface area contributed by atoms with Crippen LogP contribution in [0.4, 0.5) is 11.4 Å². The van der Waals surface area contributed by atoms with Crippen molar-refractivity contribution < 1.29 is 0 Å². The molecule has 0 aliphatic rings. The normalized spacial score (nSPS) is 12.6. The number of hydrogen-bond donors (Lipinski definition) is 0. The maximum atomic E-state index is 5.03. The summed E-state index contributed by atoms with van der Waals surface area (Å²) in [6.07, 6.45) is 25.1. The van der Waals surface area contributed by atoms with Gasteiger partial charge in [-0.2, -0.15) is 0 Å². The number of nitrogens with zero attached hydrogens (tertiary/aromatic N) is 2. The molecule has 214 valence electrons. The van der Waals surface area contributed by atoms with E-state index in [1.807, 2.05) is 0 Å². The van der Waals surface area contributed by atoms with Crippen LogP contribution in [0.1, 0.15) is 132 Å². The fourth-order valence-electron chi connectivity index (χ4n) is 5.31. The Bertz CT molecular complexity index is 1020. The molecular weight excluding hydrogens is 472 g/mol. The van der Waals surface area contributed by atoms with E-state index >= 15 is 0 Å². The lowest BCUT2D eigenvalue weighted by molar-refractivity contribution is 0.536. The number of aliphatic imine (C=N–C) groups is 2. The van der Waals surface area contributed by atoms with Crippen molar-refractivity contribution in [2.75, 3.05) is 0 Å². The van der Waals surface area contributed by atoms with Crippen molar-refractivity contribution in [3.8, 4) is 0 Å². The standard InChI is InChI=1S/C37H56N2/c1-7-8-9-10-11-12-13-14-15-16-17-18-19-20-21-22-23-37(39-36-28-32(4)25-33(5)29-36)34(6)38-35-26-30(2)24-31(3)27-35/h22-29H,7-21H2,1-6H3/b23-22+,38-34?,39-37?. The average molecular weight is 529 g/mol. The zero-order valence-corrected chi connectivity index (χ0v) is 26.1. The Labute approximate surface area is 241 Å². The smallest absolute Gasteiger partial charge is 0.0845 e. The van der Waals surface area contributed by atoms with E-state index in [1.54, 1.807) is 0 Å². The summed E-state index contributed by atoms with van der Waals surface area (Å²) in [6.45, 7) is 12.9. The summed E-state index contributed by atoms with van der Waals surface area (Å²) in [6, 6.07) is 13.0. The van der Waals surface area contributed by atoms with E-state index < -0.39 is 0 Å². The van der Waals surface area contributed by atoms with Crippen LogP contribution in [-0.2, 0) is 0 Å². The maximum Gasteiger partial charge on any atom is 0.0845 e. The Morgan fingerprint density at radius 3 is 1.36 bits per heavy atom. The molecule has 0 radical (unpaired) electrons. The summed E-state index contributed by atoms with van der Waals surface area (Å²) in [7, 11) is 0. The van der Waals surface area contributed by atoms with Gasteiger partial charge in [-0.15, -0.1) is 0 Å². The van der Waals surface area contributed by atoms with Gasteiger partial charge in [-0.3, -0.25) is 4.99 Å². The summed E-state index contributed by atoms with van der Waals surface area (Å²) in [5.41, 5.74) is 8.86. The lowest BCUT2D eigenvalue weighted by Gasteiger charge is -2.06. The number of rotatable bonds is 19. The lowest BCUT2D eigenvalue weighted by Crippen LogP contribution is -2.07. The summed E-state index contributed by atoms with van der Waals surface area (Å²) in [4.78, 5) is 9.98. The first-order chi connectivity index (χ1) is 18.9. The Morgan fingerprint density at radius 1 is 0.538 bits per heavy atom. The van der Waals surface area contributed by atoms with Gasteiger partial charge in [0.05, 0.1) is 22.8 Å². The zero-order chi connectivity index (χ0) is 28.3. The van der Waals surface area contributed by atoms with Crippen LogP contribution >= 0.6 is 0 Å². The van der Waals surface area contributed by atoms with Gasteiger partial charge in [-0.1, -0.05) is 109 Å². The molecule has 0 heterocycles. The minimum absolute atomic E-state index is 0.949. The van der Waals surface area contributed by atoms with E-state index in [2.05, 4.69) is 90.1 Å². The van der Waals surface area contributed by atoms with Crippen molar-refractivity contribution in [1.82, 2.24) is 0 Å². The first-order valence-electron chi connectivity index (χ1n) is 15.8. The molecule has 0 aromatic heterocycles. The fourth-order valence-corrected chi connectivity index (χ4v) is 5.31. The molecule has 0 aliphatic carbocycles. The van der Waals surface area contributed by atoms with Crippen molar-refractivity contribution in [1.29, 1.82) is 0 Å². The quantitative estimate of drug-likeness (QED) is 0.128. The summed E-state index contributed by atoms with van der Waals surface area (Å²) in [5, 5.41) is 0. The van der Waals surface area contributed by atoms with E-state index in [-0.39, 0.29) is 0 Å². The Balaban J connectivity index is 1.81. The molecule has 39 heavy (non-hydrogen) atoms. The van der Waals surface area contributed by atoms with Crippen molar-refractivity contribution in [3.63, 3.8) is 0 Å². The molecule has 2 rings (SSSR count). The zero-order valence-electron chi connectivity index (χ0n) is 26.1. The van der Waals surface area contributed by atoms with E-state index in [4.69, 9.17) is 9.98 Å². The number of unbranched alkanes of at least 4 members (excludes halogenated alkanes) is 14. The predicted octanol–water partition coefficient (Wildman–Crippen LogP) is 12.2. The fraction of sp³-hybridized carbons (Fsp3) is 0.568. The van der Waals surface area contributed by atoms with Gasteiger partial charge in [-0.05, 0) is 100 Å². The molecule has 0 bridgehead atoms. The van der Waals surface area contributed by atoms with Gasteiger partial charge < -0.3 is 0 Å². The third-order valence-electron chi connectivity index (χ3n) is 7.33. The molecule has 0 saturated heterocycles. The second kappa shape index (κ2) is 19.6. The largest absolute Gasteiger partial charge is 0.251 e. The average Bonchev–Trinajstić information content (AvgIpc) is 2.86. The third kappa shape index (κ3) is 15.0. The molecule has 2 aromatic carbocycles. The first kappa shape index (κ1) is 32.7. The van der Waals surface area contributed by atoms with Crippen molar-refractivity contribution in [3.05, 3.63) is 70.8 Å². The van der Waals surface area contributed by atoms with Gasteiger partial charge in [0.25, 0.3) is 0 Å². The minimum atomic E-state index is 0.949. The SMILES string of the molecule is CCCCCCCCCCCCCCCC/C=C/C(=Nc1cc(C)cc(C)c1)C(C)=Nc1cc(C)cc(C)c1. The topological polar surface area (TPSA) is 24.7 Å². The van der Waals surface area contributed by atoms with Crippen LogP contribution in [0.3, 0.4) is 0 Å². The molecule has 0 fully saturated rings. The van der Waals surface area contributed by atoms with Gasteiger partial charge in [0, 0.05) is 0 Å². The second-order valence-electron chi connectivity index (χ2n) is 11.7.